The Hall–Kier alpha value is -1.63. The van der Waals surface area contributed by atoms with Crippen LogP contribution in [0.5, 0.6) is 0 Å². The van der Waals surface area contributed by atoms with Gasteiger partial charge < -0.3 is 22.0 Å². The summed E-state index contributed by atoms with van der Waals surface area (Å²) in [5.41, 5.74) is 14.8. The predicted molar refractivity (Wildman–Crippen MR) is 78.3 cm³/mol. The lowest BCUT2D eigenvalue weighted by Crippen LogP contribution is -2.51. The smallest absolute Gasteiger partial charge is 0.177 e. The number of hydrogen-bond acceptors (Lipinski definition) is 7. The van der Waals surface area contributed by atoms with Crippen molar-refractivity contribution in [1.29, 1.82) is 0 Å². The van der Waals surface area contributed by atoms with E-state index in [1.54, 1.807) is 0 Å². The Labute approximate surface area is 118 Å². The van der Waals surface area contributed by atoms with E-state index in [-0.39, 0.29) is 23.8 Å². The van der Waals surface area contributed by atoms with Crippen LogP contribution in [-0.4, -0.2) is 34.6 Å². The minimum atomic E-state index is -0.364. The Morgan fingerprint density at radius 2 is 1.75 bits per heavy atom. The summed E-state index contributed by atoms with van der Waals surface area (Å²) in [4.78, 5) is 0. The molecular weight excluding hydrogens is 256 g/mol. The summed E-state index contributed by atoms with van der Waals surface area (Å²) < 4.78 is 0. The third-order valence-electron chi connectivity index (χ3n) is 4.75. The van der Waals surface area contributed by atoms with E-state index in [0.29, 0.717) is 17.5 Å². The van der Waals surface area contributed by atoms with Gasteiger partial charge in [0.15, 0.2) is 17.4 Å². The molecule has 110 valence electrons. The standard InChI is InChI=1S/C13H22N6O/c14-12-11(13(15)19-18-12)17-16-10-8-4-2-1-3-7(8)5-6-9(10)20/h7-10,16,20H,1-6H2,(H4,14,15,17,18,19). The second kappa shape index (κ2) is 5.40. The highest BCUT2D eigenvalue weighted by atomic mass is 16.3. The zero-order chi connectivity index (χ0) is 14.1. The molecule has 7 heteroatoms. The number of nitrogens with one attached hydrogen (secondary N) is 1. The molecule has 2 fully saturated rings. The first-order chi connectivity index (χ1) is 9.66. The zero-order valence-corrected chi connectivity index (χ0v) is 11.5. The molecule has 0 radical (unpaired) electrons. The van der Waals surface area contributed by atoms with Crippen LogP contribution in [0.25, 0.3) is 0 Å². The Balaban J connectivity index is 1.73. The molecule has 0 saturated heterocycles. The van der Waals surface area contributed by atoms with Gasteiger partial charge in [0, 0.05) is 0 Å². The Kier molecular flexibility index (Phi) is 3.60. The highest BCUT2D eigenvalue weighted by molar-refractivity contribution is 6.68. The van der Waals surface area contributed by atoms with Gasteiger partial charge in [-0.2, -0.15) is 5.10 Å². The van der Waals surface area contributed by atoms with Crippen LogP contribution in [-0.2, 0) is 0 Å². The molecule has 20 heavy (non-hydrogen) atoms. The van der Waals surface area contributed by atoms with Gasteiger partial charge in [-0.15, -0.1) is 10.2 Å². The van der Waals surface area contributed by atoms with Gasteiger partial charge in [0.2, 0.25) is 0 Å². The Morgan fingerprint density at radius 1 is 1.05 bits per heavy atom. The van der Waals surface area contributed by atoms with Crippen molar-refractivity contribution in [3.8, 4) is 0 Å². The molecule has 2 aliphatic carbocycles. The number of aliphatic hydroxyl groups is 1. The molecule has 3 rings (SSSR count). The highest BCUT2D eigenvalue weighted by Crippen LogP contribution is 2.40. The third-order valence-corrected chi connectivity index (χ3v) is 4.75. The van der Waals surface area contributed by atoms with Crippen LogP contribution >= 0.6 is 0 Å². The maximum Gasteiger partial charge on any atom is 0.177 e. The summed E-state index contributed by atoms with van der Waals surface area (Å²) in [6.45, 7) is 0. The SMILES string of the molecule is NC1=NN=C(N)C1=NNC1C(O)CCC2CCCCC21. The van der Waals surface area contributed by atoms with Gasteiger partial charge in [0.25, 0.3) is 0 Å². The summed E-state index contributed by atoms with van der Waals surface area (Å²) >= 11 is 0. The van der Waals surface area contributed by atoms with E-state index in [1.807, 2.05) is 0 Å². The van der Waals surface area contributed by atoms with Crippen molar-refractivity contribution >= 4 is 17.4 Å². The van der Waals surface area contributed by atoms with E-state index in [0.717, 1.165) is 19.3 Å². The quantitative estimate of drug-likeness (QED) is 0.527. The molecule has 3 aliphatic rings. The number of fused-ring (bicyclic) bond motifs is 1. The number of nitrogens with zero attached hydrogens (tertiary/aromatic N) is 3. The van der Waals surface area contributed by atoms with E-state index in [2.05, 4.69) is 20.7 Å². The topological polar surface area (TPSA) is 121 Å². The zero-order valence-electron chi connectivity index (χ0n) is 11.5. The lowest BCUT2D eigenvalue weighted by Gasteiger charge is -2.43. The minimum absolute atomic E-state index is 0.0252. The molecule has 0 bridgehead atoms. The van der Waals surface area contributed by atoms with Crippen LogP contribution in [0.2, 0.25) is 0 Å². The molecule has 4 atom stereocenters. The molecule has 2 saturated carbocycles. The maximum absolute atomic E-state index is 10.3. The van der Waals surface area contributed by atoms with Crippen LogP contribution in [0.3, 0.4) is 0 Å². The van der Waals surface area contributed by atoms with Crippen LogP contribution < -0.4 is 16.9 Å². The average Bonchev–Trinajstić information content (AvgIpc) is 2.77. The maximum atomic E-state index is 10.3. The summed E-state index contributed by atoms with van der Waals surface area (Å²) in [6.07, 6.45) is 6.53. The van der Waals surface area contributed by atoms with Crippen molar-refractivity contribution in [1.82, 2.24) is 5.43 Å². The summed E-state index contributed by atoms with van der Waals surface area (Å²) in [7, 11) is 0. The van der Waals surface area contributed by atoms with Gasteiger partial charge in [-0.05, 0) is 31.1 Å². The first kappa shape index (κ1) is 13.4. The Morgan fingerprint density at radius 3 is 2.50 bits per heavy atom. The molecule has 0 spiro atoms. The van der Waals surface area contributed by atoms with Crippen LogP contribution in [0, 0.1) is 11.8 Å². The van der Waals surface area contributed by atoms with E-state index < -0.39 is 0 Å². The molecule has 0 aromatic rings. The van der Waals surface area contributed by atoms with Crippen molar-refractivity contribution in [3.05, 3.63) is 0 Å². The van der Waals surface area contributed by atoms with Gasteiger partial charge >= 0.3 is 0 Å². The highest BCUT2D eigenvalue weighted by Gasteiger charge is 2.39. The third kappa shape index (κ3) is 2.37. The second-order valence-corrected chi connectivity index (χ2v) is 5.94. The number of hydrazone groups is 1. The first-order valence-electron chi connectivity index (χ1n) is 7.35. The van der Waals surface area contributed by atoms with E-state index in [9.17, 15) is 5.11 Å². The Bertz CT molecular complexity index is 451. The van der Waals surface area contributed by atoms with Gasteiger partial charge in [0.05, 0.1) is 12.1 Å². The van der Waals surface area contributed by atoms with E-state index in [4.69, 9.17) is 11.5 Å². The fourth-order valence-corrected chi connectivity index (χ4v) is 3.69. The molecule has 6 N–H and O–H groups in total. The fourth-order valence-electron chi connectivity index (χ4n) is 3.69. The molecule has 7 nitrogen and oxygen atoms in total. The molecule has 4 unspecified atom stereocenters. The number of rotatable bonds is 2. The first-order valence-corrected chi connectivity index (χ1v) is 7.35. The van der Waals surface area contributed by atoms with Gasteiger partial charge in [0.1, 0.15) is 0 Å². The second-order valence-electron chi connectivity index (χ2n) is 5.94. The van der Waals surface area contributed by atoms with Gasteiger partial charge in [-0.3, -0.25) is 0 Å². The average molecular weight is 278 g/mol. The molecule has 1 heterocycles. The molecule has 0 amide bonds. The van der Waals surface area contributed by atoms with E-state index in [1.165, 1.54) is 19.3 Å². The van der Waals surface area contributed by atoms with Gasteiger partial charge in [-0.1, -0.05) is 19.3 Å². The largest absolute Gasteiger partial charge is 0.391 e. The van der Waals surface area contributed by atoms with Crippen molar-refractivity contribution in [2.75, 3.05) is 0 Å². The fraction of sp³-hybridized carbons (Fsp3) is 0.769. The number of aliphatic hydroxyl groups excluding tert-OH is 1. The van der Waals surface area contributed by atoms with Crippen LogP contribution in [0.15, 0.2) is 15.3 Å². The normalized spacial score (nSPS) is 37.0. The molecule has 1 aliphatic heterocycles. The summed E-state index contributed by atoms with van der Waals surface area (Å²) in [5, 5.41) is 21.9. The van der Waals surface area contributed by atoms with Crippen LogP contribution in [0.4, 0.5) is 0 Å². The lowest BCUT2D eigenvalue weighted by atomic mass is 9.67. The number of hydrogen-bond donors (Lipinski definition) is 4. The minimum Gasteiger partial charge on any atom is -0.391 e. The van der Waals surface area contributed by atoms with Crippen molar-refractivity contribution in [3.63, 3.8) is 0 Å². The number of nitrogens with two attached hydrogens (primary N) is 2. The monoisotopic (exact) mass is 278 g/mol. The predicted octanol–water partition coefficient (Wildman–Crippen LogP) is -0.0953. The van der Waals surface area contributed by atoms with Crippen LogP contribution in [0.1, 0.15) is 38.5 Å². The van der Waals surface area contributed by atoms with Gasteiger partial charge in [-0.25, -0.2) is 0 Å². The molecular formula is C13H22N6O. The lowest BCUT2D eigenvalue weighted by molar-refractivity contribution is 0.0103. The summed E-state index contributed by atoms with van der Waals surface area (Å²) in [5.74, 6) is 1.63. The van der Waals surface area contributed by atoms with Crippen molar-refractivity contribution in [2.24, 2.45) is 38.6 Å². The molecule has 0 aromatic heterocycles. The summed E-state index contributed by atoms with van der Waals surface area (Å²) in [6, 6.07) is -0.0252. The molecule has 0 aromatic carbocycles. The van der Waals surface area contributed by atoms with E-state index >= 15 is 0 Å². The number of amidine groups is 2. The van der Waals surface area contributed by atoms with Crippen molar-refractivity contribution in [2.45, 2.75) is 50.7 Å². The van der Waals surface area contributed by atoms with Crippen molar-refractivity contribution < 1.29 is 5.11 Å².